The first-order valence-corrected chi connectivity index (χ1v) is 24.3. The van der Waals surface area contributed by atoms with Gasteiger partial charge >= 0.3 is 5.97 Å². The Morgan fingerprint density at radius 2 is 1.10 bits per heavy atom. The van der Waals surface area contributed by atoms with Gasteiger partial charge < -0.3 is 29.2 Å². The normalized spacial score (nSPS) is 21.9. The van der Waals surface area contributed by atoms with E-state index in [4.69, 9.17) is 24.1 Å². The molecule has 0 bridgehead atoms. The number of ketones is 1. The molecule has 0 spiro atoms. The van der Waals surface area contributed by atoms with Crippen LogP contribution in [0.1, 0.15) is 206 Å². The number of carbonyl (C=O) groups is 2. The number of hydrogen-bond donors (Lipinski definition) is 2. The number of aliphatic hydroxyl groups excluding tert-OH is 1. The van der Waals surface area contributed by atoms with Crippen LogP contribution in [0.5, 0.6) is 23.0 Å². The zero-order valence-corrected chi connectivity index (χ0v) is 41.1. The van der Waals surface area contributed by atoms with E-state index in [0.29, 0.717) is 43.6 Å². The topological polar surface area (TPSA) is 112 Å². The van der Waals surface area contributed by atoms with Gasteiger partial charge in [-0.3, -0.25) is 4.79 Å². The van der Waals surface area contributed by atoms with Crippen LogP contribution in [0.15, 0.2) is 47.6 Å². The third-order valence-corrected chi connectivity index (χ3v) is 15.1. The summed E-state index contributed by atoms with van der Waals surface area (Å²) in [5.41, 5.74) is 5.45. The standard InChI is InChI=1S/C29H44O4.C26H38O4/c1-7-8-9-10-15-28(2,3)21-18-25(32-6)27-22-17-20(24(31)12-11-16-30)13-14-23(22)29(4,5)33-26(27)19-21;1-7-8-9-10-13-25(2,3)18-15-21(29-6)23-19-14-17(24(27)28)11-12-20(19)26(4,5)30-22(23)16-18/h13,18-19,22-23,30H,7-12,14-17H2,1-6H3;11,15-16,19-20H,7-10,12-14H2,1-6H3,(H,27,28)/t22-,23-;19-,20-/m11/s1. The van der Waals surface area contributed by atoms with Crippen molar-refractivity contribution >= 4 is 11.8 Å². The summed E-state index contributed by atoms with van der Waals surface area (Å²) in [6, 6.07) is 8.80. The molecule has 63 heavy (non-hydrogen) atoms. The number of rotatable bonds is 19. The predicted molar refractivity (Wildman–Crippen MR) is 255 cm³/mol. The first-order valence-electron chi connectivity index (χ1n) is 24.3. The van der Waals surface area contributed by atoms with Crippen LogP contribution in [0.3, 0.4) is 0 Å². The predicted octanol–water partition coefficient (Wildman–Crippen LogP) is 13.5. The zero-order valence-electron chi connectivity index (χ0n) is 41.1. The minimum absolute atomic E-state index is 0.0269. The number of fused-ring (bicyclic) bond motifs is 6. The van der Waals surface area contributed by atoms with Gasteiger partial charge in [0, 0.05) is 53.4 Å². The van der Waals surface area contributed by atoms with E-state index in [9.17, 15) is 14.7 Å². The van der Waals surface area contributed by atoms with E-state index < -0.39 is 5.97 Å². The van der Waals surface area contributed by atoms with Gasteiger partial charge in [0.15, 0.2) is 5.78 Å². The van der Waals surface area contributed by atoms with Crippen LogP contribution < -0.4 is 18.9 Å². The smallest absolute Gasteiger partial charge is 0.331 e. The molecule has 0 unspecified atom stereocenters. The highest BCUT2D eigenvalue weighted by Crippen LogP contribution is 2.57. The summed E-state index contributed by atoms with van der Waals surface area (Å²) in [4.78, 5) is 24.4. The summed E-state index contributed by atoms with van der Waals surface area (Å²) in [6.45, 7) is 22.4. The zero-order chi connectivity index (χ0) is 46.3. The number of aliphatic hydroxyl groups is 1. The first-order chi connectivity index (χ1) is 29.7. The highest BCUT2D eigenvalue weighted by atomic mass is 16.5. The lowest BCUT2D eigenvalue weighted by molar-refractivity contribution is -0.133. The highest BCUT2D eigenvalue weighted by Gasteiger charge is 2.49. The van der Waals surface area contributed by atoms with E-state index in [1.807, 2.05) is 6.08 Å². The highest BCUT2D eigenvalue weighted by molar-refractivity contribution is 5.95. The van der Waals surface area contributed by atoms with E-state index in [1.165, 1.54) is 62.5 Å². The van der Waals surface area contributed by atoms with Gasteiger partial charge in [-0.1, -0.05) is 105 Å². The molecule has 2 aromatic carbocycles. The third kappa shape index (κ3) is 11.6. The minimum atomic E-state index is -0.817. The van der Waals surface area contributed by atoms with Crippen LogP contribution in [0, 0.1) is 11.8 Å². The minimum Gasteiger partial charge on any atom is -0.496 e. The molecule has 2 N–H and O–H groups in total. The van der Waals surface area contributed by atoms with Crippen LogP contribution in [-0.2, 0) is 20.4 Å². The lowest BCUT2D eigenvalue weighted by Crippen LogP contribution is -2.46. The van der Waals surface area contributed by atoms with Gasteiger partial charge in [0.05, 0.1) is 14.2 Å². The molecule has 0 aromatic heterocycles. The largest absolute Gasteiger partial charge is 0.496 e. The Morgan fingerprint density at radius 1 is 0.667 bits per heavy atom. The second-order valence-electron chi connectivity index (χ2n) is 21.3. The maximum atomic E-state index is 12.7. The van der Waals surface area contributed by atoms with Crippen molar-refractivity contribution in [2.24, 2.45) is 11.8 Å². The van der Waals surface area contributed by atoms with E-state index in [0.717, 1.165) is 59.0 Å². The number of benzene rings is 2. The number of ether oxygens (including phenoxy) is 4. The summed E-state index contributed by atoms with van der Waals surface area (Å²) >= 11 is 0. The molecule has 0 radical (unpaired) electrons. The molecule has 4 atom stereocenters. The second kappa shape index (κ2) is 21.0. The summed E-state index contributed by atoms with van der Waals surface area (Å²) in [6.07, 6.45) is 20.0. The number of aliphatic carboxylic acids is 1. The molecule has 2 aliphatic heterocycles. The Balaban J connectivity index is 0.000000239. The Kier molecular flexibility index (Phi) is 16.8. The number of methoxy groups -OCH3 is 2. The number of unbranched alkanes of at least 4 members (excludes halogenated alkanes) is 6. The maximum absolute atomic E-state index is 12.7. The van der Waals surface area contributed by atoms with Crippen molar-refractivity contribution < 1.29 is 38.7 Å². The monoisotopic (exact) mass is 871 g/mol. The van der Waals surface area contributed by atoms with Crippen LogP contribution in [0.4, 0.5) is 0 Å². The number of Topliss-reactive ketones (excluding diaryl/α,β-unsaturated/α-hetero) is 1. The average molecular weight is 871 g/mol. The van der Waals surface area contributed by atoms with Crippen molar-refractivity contribution in [1.82, 2.24) is 0 Å². The van der Waals surface area contributed by atoms with Crippen molar-refractivity contribution in [3.8, 4) is 23.0 Å². The first kappa shape index (κ1) is 50.2. The second-order valence-corrected chi connectivity index (χ2v) is 21.3. The molecular weight excluding hydrogens is 789 g/mol. The summed E-state index contributed by atoms with van der Waals surface area (Å²) in [7, 11) is 3.45. The van der Waals surface area contributed by atoms with E-state index in [-0.39, 0.29) is 52.2 Å². The Labute approximate surface area is 380 Å². The van der Waals surface area contributed by atoms with Crippen LogP contribution >= 0.6 is 0 Å². The fourth-order valence-corrected chi connectivity index (χ4v) is 11.0. The van der Waals surface area contributed by atoms with Gasteiger partial charge in [-0.15, -0.1) is 0 Å². The van der Waals surface area contributed by atoms with Crippen LogP contribution in [-0.4, -0.2) is 54.0 Å². The molecule has 2 heterocycles. The van der Waals surface area contributed by atoms with Gasteiger partial charge in [0.2, 0.25) is 0 Å². The number of carboxylic acid groups (broad SMARTS) is 1. The number of allylic oxidation sites excluding steroid dienone is 3. The number of carboxylic acids is 1. The molecule has 4 aliphatic rings. The molecule has 350 valence electrons. The molecule has 2 aliphatic carbocycles. The van der Waals surface area contributed by atoms with Crippen LogP contribution in [0.2, 0.25) is 0 Å². The van der Waals surface area contributed by atoms with E-state index >= 15 is 0 Å². The summed E-state index contributed by atoms with van der Waals surface area (Å²) in [5.74, 6) is 3.66. The van der Waals surface area contributed by atoms with E-state index in [2.05, 4.69) is 99.6 Å². The average Bonchev–Trinajstić information content (AvgIpc) is 3.24. The molecule has 6 rings (SSSR count). The van der Waals surface area contributed by atoms with Crippen molar-refractivity contribution in [2.45, 2.75) is 206 Å². The van der Waals surface area contributed by atoms with E-state index in [1.54, 1.807) is 14.2 Å². The van der Waals surface area contributed by atoms with Crippen molar-refractivity contribution in [3.05, 3.63) is 69.8 Å². The quantitative estimate of drug-likeness (QED) is 0.134. The molecular formula is C55H82O8. The summed E-state index contributed by atoms with van der Waals surface area (Å²) < 4.78 is 25.0. The Bertz CT molecular complexity index is 1960. The Hall–Kier alpha value is -3.78. The van der Waals surface area contributed by atoms with Crippen molar-refractivity contribution in [3.63, 3.8) is 0 Å². The van der Waals surface area contributed by atoms with Crippen molar-refractivity contribution in [1.29, 1.82) is 0 Å². The molecule has 8 heteroatoms. The number of carbonyl (C=O) groups excluding carboxylic acids is 1. The molecule has 0 fully saturated rings. The molecule has 8 nitrogen and oxygen atoms in total. The van der Waals surface area contributed by atoms with Gasteiger partial charge in [0.1, 0.15) is 34.2 Å². The lowest BCUT2D eigenvalue weighted by Gasteiger charge is -2.47. The van der Waals surface area contributed by atoms with Crippen LogP contribution in [0.25, 0.3) is 0 Å². The molecule has 0 amide bonds. The van der Waals surface area contributed by atoms with Gasteiger partial charge in [0.25, 0.3) is 0 Å². The third-order valence-electron chi connectivity index (χ3n) is 15.1. The van der Waals surface area contributed by atoms with Gasteiger partial charge in [-0.05, 0) is 124 Å². The molecule has 2 aromatic rings. The molecule has 0 saturated carbocycles. The van der Waals surface area contributed by atoms with Gasteiger partial charge in [-0.25, -0.2) is 4.79 Å². The van der Waals surface area contributed by atoms with Crippen molar-refractivity contribution in [2.75, 3.05) is 20.8 Å². The summed E-state index contributed by atoms with van der Waals surface area (Å²) in [5, 5.41) is 18.7. The number of hydrogen-bond acceptors (Lipinski definition) is 7. The maximum Gasteiger partial charge on any atom is 0.331 e. The Morgan fingerprint density at radius 3 is 1.49 bits per heavy atom. The lowest BCUT2D eigenvalue weighted by atomic mass is 9.66. The SMILES string of the molecule is CCCCCCC(C)(C)c1cc(OC)c2c(c1)OC(C)(C)[C@@H]1CC=C(C(=O)CCCO)C[C@@H]21.CCCCCCC(C)(C)c1cc(OC)c2c(c1)OC(C)(C)[C@@H]1CC=C(C(=O)O)C[C@@H]21. The fraction of sp³-hybridized carbons (Fsp3) is 0.673. The fourth-order valence-electron chi connectivity index (χ4n) is 11.0. The molecule has 0 saturated heterocycles. The van der Waals surface area contributed by atoms with Gasteiger partial charge in [-0.2, -0.15) is 0 Å².